The first kappa shape index (κ1) is 14.6. The Bertz CT molecular complexity index is 481. The van der Waals surface area contributed by atoms with E-state index in [9.17, 15) is 9.59 Å². The molecule has 3 aliphatic rings. The maximum absolute atomic E-state index is 12.5. The predicted octanol–water partition coefficient (Wildman–Crippen LogP) is 2.20. The van der Waals surface area contributed by atoms with Crippen molar-refractivity contribution >= 4 is 11.8 Å². The zero-order valence-corrected chi connectivity index (χ0v) is 13.4. The summed E-state index contributed by atoms with van der Waals surface area (Å²) in [7, 11) is 1.96. The number of rotatable bonds is 3. The quantitative estimate of drug-likeness (QED) is 0.748. The van der Waals surface area contributed by atoms with Crippen molar-refractivity contribution in [3.8, 4) is 0 Å². The first-order valence-electron chi connectivity index (χ1n) is 8.13. The molecule has 1 aliphatic heterocycles. The molecule has 1 heterocycles. The number of carbonyl (C=O) groups is 2. The van der Waals surface area contributed by atoms with E-state index in [2.05, 4.69) is 0 Å². The number of carbonyl (C=O) groups excluding carboxylic acids is 2. The van der Waals surface area contributed by atoms with Gasteiger partial charge in [-0.1, -0.05) is 5.57 Å². The SMILES string of the molecule is CC(C)=CC(=O)N1CCC2(CC1)CC2C(=O)N(C)C1CC1. The molecule has 1 atom stereocenters. The standard InChI is InChI=1S/C17H26N2O2/c1-12(2)10-15(20)19-8-6-17(7-9-19)11-14(17)16(21)18(3)13-4-5-13/h10,13-14H,4-9,11H2,1-3H3. The highest BCUT2D eigenvalue weighted by molar-refractivity contribution is 5.88. The molecule has 2 amide bonds. The molecule has 0 aromatic rings. The second-order valence-electron chi connectivity index (χ2n) is 7.35. The molecule has 116 valence electrons. The van der Waals surface area contributed by atoms with E-state index >= 15 is 0 Å². The normalized spacial score (nSPS) is 26.4. The third-order valence-electron chi connectivity index (χ3n) is 5.41. The molecule has 2 saturated carbocycles. The Labute approximate surface area is 127 Å². The molecule has 3 fully saturated rings. The molecule has 1 saturated heterocycles. The van der Waals surface area contributed by atoms with Gasteiger partial charge in [-0.2, -0.15) is 0 Å². The van der Waals surface area contributed by atoms with E-state index < -0.39 is 0 Å². The lowest BCUT2D eigenvalue weighted by atomic mass is 9.90. The van der Waals surface area contributed by atoms with Crippen molar-refractivity contribution < 1.29 is 9.59 Å². The maximum Gasteiger partial charge on any atom is 0.246 e. The van der Waals surface area contributed by atoms with Crippen molar-refractivity contribution in [3.05, 3.63) is 11.6 Å². The average Bonchev–Trinajstić information content (AvgIpc) is 3.33. The summed E-state index contributed by atoms with van der Waals surface area (Å²) < 4.78 is 0. The van der Waals surface area contributed by atoms with Crippen LogP contribution in [-0.4, -0.2) is 47.8 Å². The van der Waals surface area contributed by atoms with Gasteiger partial charge in [0.05, 0.1) is 0 Å². The van der Waals surface area contributed by atoms with Crippen LogP contribution in [0.3, 0.4) is 0 Å². The first-order chi connectivity index (χ1) is 9.93. The Morgan fingerprint density at radius 2 is 1.81 bits per heavy atom. The van der Waals surface area contributed by atoms with Gasteiger partial charge in [0.25, 0.3) is 0 Å². The molecule has 4 heteroatoms. The smallest absolute Gasteiger partial charge is 0.246 e. The topological polar surface area (TPSA) is 40.6 Å². The number of allylic oxidation sites excluding steroid dienone is 1. The Balaban J connectivity index is 1.53. The molecule has 4 nitrogen and oxygen atoms in total. The Morgan fingerprint density at radius 3 is 2.33 bits per heavy atom. The molecular formula is C17H26N2O2. The molecule has 21 heavy (non-hydrogen) atoms. The lowest BCUT2D eigenvalue weighted by molar-refractivity contribution is -0.133. The minimum atomic E-state index is 0.128. The lowest BCUT2D eigenvalue weighted by Crippen LogP contribution is -2.40. The Morgan fingerprint density at radius 1 is 1.19 bits per heavy atom. The summed E-state index contributed by atoms with van der Waals surface area (Å²) in [6.45, 7) is 5.51. The third kappa shape index (κ3) is 2.85. The van der Waals surface area contributed by atoms with Crippen LogP contribution in [0, 0.1) is 11.3 Å². The van der Waals surface area contributed by atoms with Crippen molar-refractivity contribution in [3.63, 3.8) is 0 Å². The molecule has 1 unspecified atom stereocenters. The molecular weight excluding hydrogens is 264 g/mol. The summed E-state index contributed by atoms with van der Waals surface area (Å²) in [4.78, 5) is 28.4. The third-order valence-corrected chi connectivity index (χ3v) is 5.41. The van der Waals surface area contributed by atoms with Crippen molar-refractivity contribution in [2.45, 2.75) is 52.0 Å². The molecule has 0 radical (unpaired) electrons. The maximum atomic E-state index is 12.5. The van der Waals surface area contributed by atoms with Gasteiger partial charge in [0.1, 0.15) is 0 Å². The van der Waals surface area contributed by atoms with Crippen molar-refractivity contribution in [2.75, 3.05) is 20.1 Å². The zero-order valence-electron chi connectivity index (χ0n) is 13.4. The van der Waals surface area contributed by atoms with Crippen LogP contribution in [0.2, 0.25) is 0 Å². The van der Waals surface area contributed by atoms with E-state index in [1.165, 1.54) is 12.8 Å². The van der Waals surface area contributed by atoms with Gasteiger partial charge < -0.3 is 9.80 Å². The van der Waals surface area contributed by atoms with Gasteiger partial charge in [0, 0.05) is 38.2 Å². The van der Waals surface area contributed by atoms with Gasteiger partial charge in [0.15, 0.2) is 0 Å². The van der Waals surface area contributed by atoms with Crippen LogP contribution in [-0.2, 0) is 9.59 Å². The van der Waals surface area contributed by atoms with Gasteiger partial charge in [0.2, 0.25) is 11.8 Å². The van der Waals surface area contributed by atoms with E-state index in [4.69, 9.17) is 0 Å². The van der Waals surface area contributed by atoms with Crippen molar-refractivity contribution in [2.24, 2.45) is 11.3 Å². The molecule has 0 bridgehead atoms. The number of piperidine rings is 1. The summed E-state index contributed by atoms with van der Waals surface area (Å²) >= 11 is 0. The van der Waals surface area contributed by atoms with Gasteiger partial charge >= 0.3 is 0 Å². The van der Waals surface area contributed by atoms with Crippen LogP contribution in [0.4, 0.5) is 0 Å². The summed E-state index contributed by atoms with van der Waals surface area (Å²) in [6, 6.07) is 0.509. The highest BCUT2D eigenvalue weighted by Crippen LogP contribution is 2.60. The molecule has 0 aromatic heterocycles. The second kappa shape index (κ2) is 5.15. The molecule has 3 rings (SSSR count). The van der Waals surface area contributed by atoms with E-state index in [0.29, 0.717) is 11.9 Å². The van der Waals surface area contributed by atoms with Crippen LogP contribution in [0.1, 0.15) is 46.0 Å². The van der Waals surface area contributed by atoms with E-state index in [0.717, 1.165) is 37.9 Å². The van der Waals surface area contributed by atoms with Crippen molar-refractivity contribution in [1.29, 1.82) is 0 Å². The fraction of sp³-hybridized carbons (Fsp3) is 0.765. The number of likely N-dealkylation sites (tertiary alicyclic amines) is 1. The van der Waals surface area contributed by atoms with Crippen LogP contribution >= 0.6 is 0 Å². The van der Waals surface area contributed by atoms with Crippen molar-refractivity contribution in [1.82, 2.24) is 9.80 Å². The summed E-state index contributed by atoms with van der Waals surface area (Å²) in [6.07, 6.45) is 7.08. The molecule has 0 N–H and O–H groups in total. The van der Waals surface area contributed by atoms with E-state index in [1.807, 2.05) is 30.7 Å². The summed E-state index contributed by atoms with van der Waals surface area (Å²) in [5, 5.41) is 0. The van der Waals surface area contributed by atoms with Gasteiger partial charge in [-0.3, -0.25) is 9.59 Å². The zero-order chi connectivity index (χ0) is 15.2. The van der Waals surface area contributed by atoms with Gasteiger partial charge in [-0.05, 0) is 51.4 Å². The van der Waals surface area contributed by atoms with Crippen LogP contribution in [0.5, 0.6) is 0 Å². The van der Waals surface area contributed by atoms with Crippen LogP contribution in [0.25, 0.3) is 0 Å². The second-order valence-corrected chi connectivity index (χ2v) is 7.35. The van der Waals surface area contributed by atoms with E-state index in [1.54, 1.807) is 6.08 Å². The number of hydrogen-bond donors (Lipinski definition) is 0. The number of hydrogen-bond acceptors (Lipinski definition) is 2. The molecule has 0 aromatic carbocycles. The van der Waals surface area contributed by atoms with E-state index in [-0.39, 0.29) is 17.2 Å². The van der Waals surface area contributed by atoms with Gasteiger partial charge in [-0.25, -0.2) is 0 Å². The fourth-order valence-electron chi connectivity index (χ4n) is 3.65. The fourth-order valence-corrected chi connectivity index (χ4v) is 3.65. The Hall–Kier alpha value is -1.32. The lowest BCUT2D eigenvalue weighted by Gasteiger charge is -2.32. The number of nitrogens with zero attached hydrogens (tertiary/aromatic N) is 2. The highest BCUT2D eigenvalue weighted by Gasteiger charge is 2.59. The summed E-state index contributed by atoms with van der Waals surface area (Å²) in [5.74, 6) is 0.703. The predicted molar refractivity (Wildman–Crippen MR) is 81.6 cm³/mol. The average molecular weight is 290 g/mol. The summed E-state index contributed by atoms with van der Waals surface area (Å²) in [5.41, 5.74) is 1.26. The largest absolute Gasteiger partial charge is 0.343 e. The minimum Gasteiger partial charge on any atom is -0.343 e. The highest BCUT2D eigenvalue weighted by atomic mass is 16.2. The van der Waals surface area contributed by atoms with Gasteiger partial charge in [-0.15, -0.1) is 0 Å². The van der Waals surface area contributed by atoms with Crippen LogP contribution in [0.15, 0.2) is 11.6 Å². The number of amides is 2. The minimum absolute atomic E-state index is 0.128. The van der Waals surface area contributed by atoms with Crippen LogP contribution < -0.4 is 0 Å². The Kier molecular flexibility index (Phi) is 3.58. The first-order valence-corrected chi connectivity index (χ1v) is 8.13. The molecule has 2 aliphatic carbocycles. The molecule has 1 spiro atoms. The monoisotopic (exact) mass is 290 g/mol.